The summed E-state index contributed by atoms with van der Waals surface area (Å²) in [7, 11) is 0. The molecule has 0 atom stereocenters. The van der Waals surface area contributed by atoms with Gasteiger partial charge in [-0.3, -0.25) is 9.69 Å². The molecular weight excluding hydrogens is 402 g/mol. The molecule has 3 aromatic carbocycles. The van der Waals surface area contributed by atoms with E-state index in [2.05, 4.69) is 63.8 Å². The molecule has 1 amide bonds. The van der Waals surface area contributed by atoms with Gasteiger partial charge in [0.25, 0.3) is 5.91 Å². The molecule has 1 saturated heterocycles. The first-order chi connectivity index (χ1) is 15.2. The van der Waals surface area contributed by atoms with Gasteiger partial charge in [0.05, 0.1) is 0 Å². The van der Waals surface area contributed by atoms with Crippen molar-refractivity contribution in [1.29, 1.82) is 0 Å². The van der Waals surface area contributed by atoms with E-state index in [1.807, 2.05) is 36.4 Å². The molecular formula is C26H29N3OS. The third-order valence-corrected chi connectivity index (χ3v) is 6.26. The fourth-order valence-corrected chi connectivity index (χ4v) is 4.41. The number of hydrogen-bond acceptors (Lipinski definition) is 4. The van der Waals surface area contributed by atoms with Crippen molar-refractivity contribution in [2.24, 2.45) is 0 Å². The van der Waals surface area contributed by atoms with Crippen molar-refractivity contribution in [1.82, 2.24) is 4.90 Å². The van der Waals surface area contributed by atoms with Crippen LogP contribution in [-0.4, -0.2) is 43.2 Å². The molecule has 1 heterocycles. The molecule has 0 saturated carbocycles. The Morgan fingerprint density at radius 1 is 0.839 bits per heavy atom. The average molecular weight is 432 g/mol. The first kappa shape index (κ1) is 21.5. The van der Waals surface area contributed by atoms with Crippen molar-refractivity contribution in [3.8, 4) is 0 Å². The van der Waals surface area contributed by atoms with Crippen LogP contribution in [-0.2, 0) is 12.3 Å². The minimum atomic E-state index is -0.0713. The molecule has 0 bridgehead atoms. The van der Waals surface area contributed by atoms with E-state index in [0.717, 1.165) is 44.2 Å². The highest BCUT2D eigenvalue weighted by molar-refractivity contribution is 7.97. The Hall–Kier alpha value is -2.76. The van der Waals surface area contributed by atoms with E-state index in [9.17, 15) is 4.79 Å². The lowest BCUT2D eigenvalue weighted by molar-refractivity contribution is 0.102. The highest BCUT2D eigenvalue weighted by atomic mass is 32.2. The van der Waals surface area contributed by atoms with Gasteiger partial charge in [0.1, 0.15) is 0 Å². The number of carbonyl (C=O) groups excluding carboxylic acids is 1. The number of hydrogen-bond donors (Lipinski definition) is 1. The number of amides is 1. The Bertz CT molecular complexity index is 966. The molecule has 0 radical (unpaired) electrons. The number of anilines is 2. The fraction of sp³-hybridized carbons (Fsp3) is 0.269. The number of benzene rings is 3. The molecule has 5 heteroatoms. The minimum absolute atomic E-state index is 0.0713. The molecule has 0 spiro atoms. The second-order valence-corrected chi connectivity index (χ2v) is 8.75. The van der Waals surface area contributed by atoms with Crippen LogP contribution in [0.2, 0.25) is 0 Å². The van der Waals surface area contributed by atoms with E-state index in [4.69, 9.17) is 0 Å². The Morgan fingerprint density at radius 2 is 1.52 bits per heavy atom. The van der Waals surface area contributed by atoms with Crippen molar-refractivity contribution < 1.29 is 4.79 Å². The molecule has 1 aliphatic rings. The van der Waals surface area contributed by atoms with Crippen LogP contribution in [0.5, 0.6) is 0 Å². The average Bonchev–Trinajstić information content (AvgIpc) is 2.81. The van der Waals surface area contributed by atoms with Crippen LogP contribution < -0.4 is 10.2 Å². The van der Waals surface area contributed by atoms with Crippen molar-refractivity contribution >= 4 is 29.0 Å². The predicted octanol–water partition coefficient (Wildman–Crippen LogP) is 5.12. The van der Waals surface area contributed by atoms with Crippen LogP contribution in [0.1, 0.15) is 21.5 Å². The van der Waals surface area contributed by atoms with Crippen LogP contribution in [0.4, 0.5) is 11.4 Å². The van der Waals surface area contributed by atoms with Crippen molar-refractivity contribution in [2.75, 3.05) is 42.7 Å². The maximum Gasteiger partial charge on any atom is 0.255 e. The number of nitrogens with one attached hydrogen (secondary N) is 1. The molecule has 4 rings (SSSR count). The van der Waals surface area contributed by atoms with E-state index < -0.39 is 0 Å². The summed E-state index contributed by atoms with van der Waals surface area (Å²) >= 11 is 1.78. The zero-order valence-corrected chi connectivity index (χ0v) is 18.8. The maximum atomic E-state index is 12.5. The lowest BCUT2D eigenvalue weighted by atomic mass is 10.1. The molecule has 4 nitrogen and oxygen atoms in total. The first-order valence-electron chi connectivity index (χ1n) is 10.7. The minimum Gasteiger partial charge on any atom is -0.369 e. The van der Waals surface area contributed by atoms with E-state index in [-0.39, 0.29) is 5.91 Å². The van der Waals surface area contributed by atoms with Crippen LogP contribution in [0, 0.1) is 0 Å². The number of rotatable bonds is 7. The van der Waals surface area contributed by atoms with Gasteiger partial charge in [-0.25, -0.2) is 0 Å². The Kier molecular flexibility index (Phi) is 7.28. The number of thioether (sulfide) groups is 1. The molecule has 1 N–H and O–H groups in total. The van der Waals surface area contributed by atoms with Gasteiger partial charge in [0.15, 0.2) is 0 Å². The monoisotopic (exact) mass is 431 g/mol. The quantitative estimate of drug-likeness (QED) is 0.563. The van der Waals surface area contributed by atoms with Gasteiger partial charge in [-0.05, 0) is 53.8 Å². The maximum absolute atomic E-state index is 12.5. The van der Waals surface area contributed by atoms with Gasteiger partial charge < -0.3 is 10.2 Å². The molecule has 3 aromatic rings. The van der Waals surface area contributed by atoms with E-state index >= 15 is 0 Å². The topological polar surface area (TPSA) is 35.6 Å². The van der Waals surface area contributed by atoms with E-state index in [1.54, 1.807) is 11.8 Å². The highest BCUT2D eigenvalue weighted by Crippen LogP contribution is 2.21. The summed E-state index contributed by atoms with van der Waals surface area (Å²) in [5.41, 5.74) is 5.32. The molecule has 0 aromatic heterocycles. The van der Waals surface area contributed by atoms with Gasteiger partial charge in [-0.15, -0.1) is 0 Å². The summed E-state index contributed by atoms with van der Waals surface area (Å²) < 4.78 is 0. The smallest absolute Gasteiger partial charge is 0.255 e. The fourth-order valence-electron chi connectivity index (χ4n) is 3.88. The predicted molar refractivity (Wildman–Crippen MR) is 132 cm³/mol. The Balaban J connectivity index is 1.29. The van der Waals surface area contributed by atoms with Gasteiger partial charge in [0, 0.05) is 55.4 Å². The molecule has 1 aliphatic heterocycles. The summed E-state index contributed by atoms with van der Waals surface area (Å²) in [6, 6.07) is 26.7. The normalized spacial score (nSPS) is 14.4. The van der Waals surface area contributed by atoms with Crippen molar-refractivity contribution in [3.63, 3.8) is 0 Å². The van der Waals surface area contributed by atoms with Gasteiger partial charge >= 0.3 is 0 Å². The van der Waals surface area contributed by atoms with Crippen LogP contribution in [0.15, 0.2) is 78.9 Å². The largest absolute Gasteiger partial charge is 0.369 e. The number of nitrogens with zero attached hydrogens (tertiary/aromatic N) is 2. The zero-order valence-electron chi connectivity index (χ0n) is 18.0. The molecule has 160 valence electrons. The SMILES string of the molecule is CSCc1ccc(C(=O)Nc2ccc(N3CCN(Cc4ccccc4)CC3)cc2)cc1. The third-order valence-electron chi connectivity index (χ3n) is 5.64. The zero-order chi connectivity index (χ0) is 21.5. The summed E-state index contributed by atoms with van der Waals surface area (Å²) in [5.74, 6) is 0.891. The van der Waals surface area contributed by atoms with E-state index in [0.29, 0.717) is 5.56 Å². The van der Waals surface area contributed by atoms with E-state index in [1.165, 1.54) is 16.8 Å². The molecule has 0 aliphatic carbocycles. The van der Waals surface area contributed by atoms with Gasteiger partial charge in [-0.2, -0.15) is 11.8 Å². The summed E-state index contributed by atoms with van der Waals surface area (Å²) in [4.78, 5) is 17.4. The standard InChI is InChI=1S/C26H29N3OS/c1-31-20-22-7-9-23(10-8-22)26(30)27-24-11-13-25(14-12-24)29-17-15-28(16-18-29)19-21-5-3-2-4-6-21/h2-14H,15-20H2,1H3,(H,27,30). The summed E-state index contributed by atoms with van der Waals surface area (Å²) in [5, 5.41) is 3.00. The molecule has 1 fully saturated rings. The van der Waals surface area contributed by atoms with Crippen molar-refractivity contribution in [2.45, 2.75) is 12.3 Å². The first-order valence-corrected chi connectivity index (χ1v) is 12.1. The Labute approximate surface area is 189 Å². The number of piperazine rings is 1. The number of carbonyl (C=O) groups is 1. The van der Waals surface area contributed by atoms with Crippen LogP contribution in [0.3, 0.4) is 0 Å². The highest BCUT2D eigenvalue weighted by Gasteiger charge is 2.17. The summed E-state index contributed by atoms with van der Waals surface area (Å²) in [6.45, 7) is 5.15. The van der Waals surface area contributed by atoms with Crippen LogP contribution >= 0.6 is 11.8 Å². The lowest BCUT2D eigenvalue weighted by Crippen LogP contribution is -2.45. The van der Waals surface area contributed by atoms with Gasteiger partial charge in [0.2, 0.25) is 0 Å². The second kappa shape index (κ2) is 10.5. The Morgan fingerprint density at radius 3 is 2.16 bits per heavy atom. The lowest BCUT2D eigenvalue weighted by Gasteiger charge is -2.36. The van der Waals surface area contributed by atoms with Gasteiger partial charge in [-0.1, -0.05) is 42.5 Å². The second-order valence-electron chi connectivity index (χ2n) is 7.88. The molecule has 0 unspecified atom stereocenters. The third kappa shape index (κ3) is 5.90. The molecule has 31 heavy (non-hydrogen) atoms. The van der Waals surface area contributed by atoms with Crippen molar-refractivity contribution in [3.05, 3.63) is 95.6 Å². The summed E-state index contributed by atoms with van der Waals surface area (Å²) in [6.07, 6.45) is 2.08. The van der Waals surface area contributed by atoms with Crippen LogP contribution in [0.25, 0.3) is 0 Å².